The summed E-state index contributed by atoms with van der Waals surface area (Å²) in [5, 5.41) is 0. The average molecular weight is 437 g/mol. The smallest absolute Gasteiger partial charge is 0.493 e. The van der Waals surface area contributed by atoms with Gasteiger partial charge in [-0.3, -0.25) is 0 Å². The van der Waals surface area contributed by atoms with Crippen molar-refractivity contribution in [3.63, 3.8) is 0 Å². The van der Waals surface area contributed by atoms with Crippen LogP contribution in [0.4, 0.5) is 0 Å². The Morgan fingerprint density at radius 2 is 1.43 bits per heavy atom. The number of hydrogen-bond donors (Lipinski definition) is 0. The average Bonchev–Trinajstić information content (AvgIpc) is 2.74. The lowest BCUT2D eigenvalue weighted by atomic mass is 9.77. The van der Waals surface area contributed by atoms with Crippen LogP contribution in [0.2, 0.25) is 6.04 Å². The molecule has 1 aromatic carbocycles. The van der Waals surface area contributed by atoms with Crippen LogP contribution < -0.4 is 4.74 Å². The van der Waals surface area contributed by atoms with Gasteiger partial charge in [0, 0.05) is 25.9 Å². The molecule has 1 fully saturated rings. The van der Waals surface area contributed by atoms with Crippen LogP contribution in [-0.2, 0) is 13.3 Å². The van der Waals surface area contributed by atoms with E-state index in [1.54, 1.807) is 0 Å². The molecule has 1 saturated carbocycles. The van der Waals surface area contributed by atoms with Gasteiger partial charge < -0.3 is 18.0 Å². The second kappa shape index (κ2) is 13.5. The van der Waals surface area contributed by atoms with E-state index in [0.717, 1.165) is 23.6 Å². The molecule has 1 unspecified atom stereocenters. The Morgan fingerprint density at radius 3 is 1.93 bits per heavy atom. The molecule has 1 aromatic rings. The molecule has 5 heteroatoms. The maximum absolute atomic E-state index is 6.09. The van der Waals surface area contributed by atoms with Gasteiger partial charge in [-0.2, -0.15) is 0 Å². The second-order valence-corrected chi connectivity index (χ2v) is 11.3. The zero-order valence-electron chi connectivity index (χ0n) is 20.0. The van der Waals surface area contributed by atoms with Gasteiger partial charge in [0.15, 0.2) is 0 Å². The van der Waals surface area contributed by atoms with Gasteiger partial charge in [0.05, 0.1) is 6.61 Å². The zero-order valence-corrected chi connectivity index (χ0v) is 21.0. The first-order valence-electron chi connectivity index (χ1n) is 12.2. The zero-order chi connectivity index (χ0) is 21.8. The molecule has 172 valence electrons. The van der Waals surface area contributed by atoms with Gasteiger partial charge in [0.1, 0.15) is 5.75 Å². The molecule has 1 aliphatic rings. The van der Waals surface area contributed by atoms with Crippen LogP contribution in [0.5, 0.6) is 5.75 Å². The highest BCUT2D eigenvalue weighted by Crippen LogP contribution is 2.37. The molecule has 0 N–H and O–H groups in total. The van der Waals surface area contributed by atoms with Crippen LogP contribution in [0.15, 0.2) is 24.3 Å². The second-order valence-electron chi connectivity index (χ2n) is 8.68. The number of benzene rings is 1. The van der Waals surface area contributed by atoms with Crippen LogP contribution in [0, 0.1) is 11.8 Å². The monoisotopic (exact) mass is 436 g/mol. The van der Waals surface area contributed by atoms with E-state index in [1.165, 1.54) is 44.1 Å². The lowest BCUT2D eigenvalue weighted by molar-refractivity contribution is 0.0651. The van der Waals surface area contributed by atoms with Crippen molar-refractivity contribution < 1.29 is 18.0 Å². The van der Waals surface area contributed by atoms with Crippen molar-refractivity contribution in [2.75, 3.05) is 26.4 Å². The van der Waals surface area contributed by atoms with Crippen LogP contribution in [0.3, 0.4) is 0 Å². The van der Waals surface area contributed by atoms with Crippen molar-refractivity contribution in [3.05, 3.63) is 29.8 Å². The molecule has 0 bridgehead atoms. The van der Waals surface area contributed by atoms with Gasteiger partial charge in [0.2, 0.25) is 0 Å². The summed E-state index contributed by atoms with van der Waals surface area (Å²) >= 11 is 0. The summed E-state index contributed by atoms with van der Waals surface area (Å²) in [5.41, 5.74) is 1.47. The fourth-order valence-corrected chi connectivity index (χ4v) is 7.61. The molecular weight excluding hydrogens is 392 g/mol. The van der Waals surface area contributed by atoms with Crippen molar-refractivity contribution in [2.45, 2.75) is 85.1 Å². The normalized spacial score (nSPS) is 20.8. The third kappa shape index (κ3) is 7.99. The van der Waals surface area contributed by atoms with Crippen molar-refractivity contribution in [3.8, 4) is 5.75 Å². The van der Waals surface area contributed by atoms with E-state index in [0.29, 0.717) is 32.3 Å². The first kappa shape index (κ1) is 25.4. The molecule has 0 amide bonds. The summed E-state index contributed by atoms with van der Waals surface area (Å²) in [7, 11) is -2.62. The summed E-state index contributed by atoms with van der Waals surface area (Å²) in [4.78, 5) is 0. The molecule has 2 rings (SSSR count). The maximum Gasteiger partial charge on any atom is 0.501 e. The standard InChI is InChI=1S/C25H44O4Si/c1-6-10-22-11-13-23(14-12-22)24-15-17-25(18-16-24)26-19-21(5)20-30(27-7-2,28-8-3)29-9-4/h15-18,21-23H,6-14,19-20H2,1-5H3. The van der Waals surface area contributed by atoms with Gasteiger partial charge in [0.25, 0.3) is 0 Å². The van der Waals surface area contributed by atoms with Crippen LogP contribution in [-0.4, -0.2) is 35.2 Å². The molecular formula is C25H44O4Si. The fraction of sp³-hybridized carbons (Fsp3) is 0.760. The lowest BCUT2D eigenvalue weighted by Crippen LogP contribution is -2.47. The summed E-state index contributed by atoms with van der Waals surface area (Å²) in [6.07, 6.45) is 8.17. The lowest BCUT2D eigenvalue weighted by Gasteiger charge is -2.30. The highest BCUT2D eigenvalue weighted by atomic mass is 28.4. The van der Waals surface area contributed by atoms with Gasteiger partial charge in [-0.15, -0.1) is 0 Å². The maximum atomic E-state index is 6.09. The Hall–Kier alpha value is -0.883. The molecule has 1 aliphatic carbocycles. The van der Waals surface area contributed by atoms with E-state index in [1.807, 2.05) is 20.8 Å². The highest BCUT2D eigenvalue weighted by Gasteiger charge is 2.41. The molecule has 1 atom stereocenters. The minimum Gasteiger partial charge on any atom is -0.493 e. The van der Waals surface area contributed by atoms with E-state index in [9.17, 15) is 0 Å². The van der Waals surface area contributed by atoms with Crippen molar-refractivity contribution >= 4 is 8.80 Å². The number of hydrogen-bond acceptors (Lipinski definition) is 4. The third-order valence-corrected chi connectivity index (χ3v) is 9.50. The molecule has 0 spiro atoms. The Labute approximate surface area is 186 Å². The first-order valence-corrected chi connectivity index (χ1v) is 14.1. The van der Waals surface area contributed by atoms with Gasteiger partial charge >= 0.3 is 8.80 Å². The summed E-state index contributed by atoms with van der Waals surface area (Å²) in [6, 6.07) is 9.59. The van der Waals surface area contributed by atoms with Gasteiger partial charge in [-0.25, -0.2) is 0 Å². The van der Waals surface area contributed by atoms with E-state index in [-0.39, 0.29) is 0 Å². The molecule has 0 aromatic heterocycles. The van der Waals surface area contributed by atoms with Crippen LogP contribution >= 0.6 is 0 Å². The van der Waals surface area contributed by atoms with Crippen molar-refractivity contribution in [1.29, 1.82) is 0 Å². The Bertz CT molecular complexity index is 552. The Morgan fingerprint density at radius 1 is 0.867 bits per heavy atom. The fourth-order valence-electron chi connectivity index (χ4n) is 4.71. The van der Waals surface area contributed by atoms with E-state index in [4.69, 9.17) is 18.0 Å². The minimum absolute atomic E-state index is 0.301. The van der Waals surface area contributed by atoms with Gasteiger partial charge in [-0.1, -0.05) is 38.8 Å². The number of rotatable bonds is 14. The first-order chi connectivity index (χ1) is 14.6. The predicted octanol–water partition coefficient (Wildman–Crippen LogP) is 6.82. The third-order valence-electron chi connectivity index (χ3n) is 6.12. The molecule has 0 heterocycles. The summed E-state index contributed by atoms with van der Waals surface area (Å²) in [5.74, 6) is 2.92. The van der Waals surface area contributed by atoms with Crippen LogP contribution in [0.25, 0.3) is 0 Å². The van der Waals surface area contributed by atoms with Gasteiger partial charge in [-0.05, 0) is 81.9 Å². The van der Waals surface area contributed by atoms with E-state index >= 15 is 0 Å². The topological polar surface area (TPSA) is 36.9 Å². The van der Waals surface area contributed by atoms with Crippen molar-refractivity contribution in [1.82, 2.24) is 0 Å². The van der Waals surface area contributed by atoms with E-state index in [2.05, 4.69) is 38.1 Å². The largest absolute Gasteiger partial charge is 0.501 e. The Kier molecular flexibility index (Phi) is 11.4. The Balaban J connectivity index is 1.84. The predicted molar refractivity (Wildman–Crippen MR) is 126 cm³/mol. The highest BCUT2D eigenvalue weighted by molar-refractivity contribution is 6.60. The summed E-state index contributed by atoms with van der Waals surface area (Å²) in [6.45, 7) is 13.0. The number of ether oxygens (including phenoxy) is 1. The molecule has 30 heavy (non-hydrogen) atoms. The van der Waals surface area contributed by atoms with Crippen LogP contribution in [0.1, 0.15) is 84.6 Å². The minimum atomic E-state index is -2.62. The summed E-state index contributed by atoms with van der Waals surface area (Å²) < 4.78 is 24.0. The van der Waals surface area contributed by atoms with Crippen molar-refractivity contribution in [2.24, 2.45) is 11.8 Å². The molecule has 0 aliphatic heterocycles. The van der Waals surface area contributed by atoms with E-state index < -0.39 is 8.80 Å². The molecule has 0 radical (unpaired) electrons. The molecule has 0 saturated heterocycles. The SMILES string of the molecule is CCCC1CCC(c2ccc(OCC(C)C[Si](OCC)(OCC)OCC)cc2)CC1. The molecule has 4 nitrogen and oxygen atoms in total. The quantitative estimate of drug-likeness (QED) is 0.300.